The van der Waals surface area contributed by atoms with E-state index in [0.717, 1.165) is 17.1 Å². The molecule has 1 amide bonds. The molecule has 17 heavy (non-hydrogen) atoms. The summed E-state index contributed by atoms with van der Waals surface area (Å²) in [5.41, 5.74) is -0.451. The Bertz CT molecular complexity index is 326. The number of rotatable bonds is 7. The first-order chi connectivity index (χ1) is 8.15. The SMILES string of the molecule is CCC(CC)(CO)NC(=O)CSc1cccs1. The molecule has 0 aliphatic heterocycles. The van der Waals surface area contributed by atoms with Crippen LogP contribution < -0.4 is 5.32 Å². The number of hydrogen-bond acceptors (Lipinski definition) is 4. The maximum absolute atomic E-state index is 11.8. The molecule has 1 aromatic heterocycles. The molecule has 0 unspecified atom stereocenters. The average molecular weight is 273 g/mol. The van der Waals surface area contributed by atoms with Gasteiger partial charge in [0.15, 0.2) is 0 Å². The summed E-state index contributed by atoms with van der Waals surface area (Å²) in [5, 5.41) is 14.3. The van der Waals surface area contributed by atoms with Crippen LogP contribution in [-0.4, -0.2) is 28.9 Å². The molecule has 1 heterocycles. The summed E-state index contributed by atoms with van der Waals surface area (Å²) >= 11 is 3.17. The first-order valence-electron chi connectivity index (χ1n) is 5.74. The Hall–Kier alpha value is -0.520. The van der Waals surface area contributed by atoms with Crippen LogP contribution in [0.25, 0.3) is 0 Å². The van der Waals surface area contributed by atoms with Crippen molar-refractivity contribution in [1.29, 1.82) is 0 Å². The number of carbonyl (C=O) groups is 1. The van der Waals surface area contributed by atoms with Crippen LogP contribution in [0.2, 0.25) is 0 Å². The highest BCUT2D eigenvalue weighted by atomic mass is 32.2. The zero-order chi connectivity index (χ0) is 12.7. The third kappa shape index (κ3) is 4.33. The van der Waals surface area contributed by atoms with E-state index in [1.807, 2.05) is 31.4 Å². The van der Waals surface area contributed by atoms with E-state index >= 15 is 0 Å². The third-order valence-electron chi connectivity index (χ3n) is 2.90. The van der Waals surface area contributed by atoms with Crippen molar-refractivity contribution in [2.45, 2.75) is 36.4 Å². The average Bonchev–Trinajstić information content (AvgIpc) is 2.87. The molecule has 1 rings (SSSR count). The second kappa shape index (κ2) is 7.03. The second-order valence-electron chi connectivity index (χ2n) is 3.91. The standard InChI is InChI=1S/C12H19NO2S2/c1-3-12(4-2,9-14)13-10(15)8-17-11-6-5-7-16-11/h5-7,14H,3-4,8-9H2,1-2H3,(H,13,15). The van der Waals surface area contributed by atoms with Crippen molar-refractivity contribution < 1.29 is 9.90 Å². The van der Waals surface area contributed by atoms with E-state index in [-0.39, 0.29) is 12.5 Å². The first kappa shape index (κ1) is 14.5. The van der Waals surface area contributed by atoms with Gasteiger partial charge >= 0.3 is 0 Å². The van der Waals surface area contributed by atoms with Crippen LogP contribution in [0.3, 0.4) is 0 Å². The monoisotopic (exact) mass is 273 g/mol. The van der Waals surface area contributed by atoms with Crippen molar-refractivity contribution in [2.24, 2.45) is 0 Å². The molecular weight excluding hydrogens is 254 g/mol. The smallest absolute Gasteiger partial charge is 0.230 e. The van der Waals surface area contributed by atoms with Crippen molar-refractivity contribution in [3.63, 3.8) is 0 Å². The summed E-state index contributed by atoms with van der Waals surface area (Å²) in [5.74, 6) is 0.392. The van der Waals surface area contributed by atoms with E-state index < -0.39 is 5.54 Å². The molecule has 5 heteroatoms. The molecule has 0 saturated heterocycles. The molecule has 2 N–H and O–H groups in total. The Labute approximate surface area is 111 Å². The summed E-state index contributed by atoms with van der Waals surface area (Å²) in [6, 6.07) is 3.97. The molecule has 0 spiro atoms. The third-order valence-corrected chi connectivity index (χ3v) is 5.03. The summed E-state index contributed by atoms with van der Waals surface area (Å²) in [4.78, 5) is 11.8. The van der Waals surface area contributed by atoms with Crippen LogP contribution in [0.5, 0.6) is 0 Å². The maximum Gasteiger partial charge on any atom is 0.230 e. The minimum Gasteiger partial charge on any atom is -0.394 e. The fourth-order valence-electron chi connectivity index (χ4n) is 1.50. The highest BCUT2D eigenvalue weighted by Crippen LogP contribution is 2.23. The molecule has 1 aromatic rings. The quantitative estimate of drug-likeness (QED) is 0.751. The van der Waals surface area contributed by atoms with Crippen LogP contribution in [0.1, 0.15) is 26.7 Å². The minimum atomic E-state index is -0.451. The fraction of sp³-hybridized carbons (Fsp3) is 0.583. The number of aliphatic hydroxyl groups excluding tert-OH is 1. The Morgan fingerprint density at radius 1 is 1.53 bits per heavy atom. The maximum atomic E-state index is 11.8. The highest BCUT2D eigenvalue weighted by Gasteiger charge is 2.26. The minimum absolute atomic E-state index is 0.00455. The van der Waals surface area contributed by atoms with E-state index in [9.17, 15) is 9.90 Å². The van der Waals surface area contributed by atoms with E-state index in [1.54, 1.807) is 11.3 Å². The summed E-state index contributed by atoms with van der Waals surface area (Å²) < 4.78 is 1.14. The number of carbonyl (C=O) groups excluding carboxylic acids is 1. The van der Waals surface area contributed by atoms with Gasteiger partial charge in [-0.2, -0.15) is 0 Å². The van der Waals surface area contributed by atoms with Crippen molar-refractivity contribution in [1.82, 2.24) is 5.32 Å². The van der Waals surface area contributed by atoms with Gasteiger partial charge in [0.2, 0.25) is 5.91 Å². The molecular formula is C12H19NO2S2. The Morgan fingerprint density at radius 3 is 2.71 bits per heavy atom. The zero-order valence-electron chi connectivity index (χ0n) is 10.2. The Morgan fingerprint density at radius 2 is 2.24 bits per heavy atom. The topological polar surface area (TPSA) is 49.3 Å². The van der Waals surface area contributed by atoms with Crippen LogP contribution in [0, 0.1) is 0 Å². The van der Waals surface area contributed by atoms with Gasteiger partial charge in [-0.25, -0.2) is 0 Å². The molecule has 0 radical (unpaired) electrons. The molecule has 0 aliphatic carbocycles. The lowest BCUT2D eigenvalue weighted by atomic mass is 9.94. The molecule has 3 nitrogen and oxygen atoms in total. The Kier molecular flexibility index (Phi) is 6.02. The first-order valence-corrected chi connectivity index (χ1v) is 7.60. The van der Waals surface area contributed by atoms with Crippen LogP contribution in [0.4, 0.5) is 0 Å². The van der Waals surface area contributed by atoms with Gasteiger partial charge in [0, 0.05) is 0 Å². The molecule has 0 atom stereocenters. The van der Waals surface area contributed by atoms with E-state index in [1.165, 1.54) is 11.8 Å². The van der Waals surface area contributed by atoms with Gasteiger partial charge in [-0.1, -0.05) is 19.9 Å². The summed E-state index contributed by atoms with van der Waals surface area (Å²) in [6.45, 7) is 3.95. The predicted octanol–water partition coefficient (Wildman–Crippen LogP) is 2.51. The number of thiophene rings is 1. The van der Waals surface area contributed by atoms with Crippen LogP contribution in [0.15, 0.2) is 21.7 Å². The van der Waals surface area contributed by atoms with Gasteiger partial charge < -0.3 is 10.4 Å². The molecule has 0 saturated carbocycles. The second-order valence-corrected chi connectivity index (χ2v) is 6.14. The largest absolute Gasteiger partial charge is 0.394 e. The molecule has 0 aliphatic rings. The number of nitrogens with one attached hydrogen (secondary N) is 1. The lowest BCUT2D eigenvalue weighted by molar-refractivity contribution is -0.121. The normalized spacial score (nSPS) is 11.5. The highest BCUT2D eigenvalue weighted by molar-refractivity contribution is 8.01. The van der Waals surface area contributed by atoms with Gasteiger partial charge in [-0.3, -0.25) is 4.79 Å². The lowest BCUT2D eigenvalue weighted by Crippen LogP contribution is -2.51. The van der Waals surface area contributed by atoms with Gasteiger partial charge in [0.25, 0.3) is 0 Å². The number of hydrogen-bond donors (Lipinski definition) is 2. The van der Waals surface area contributed by atoms with E-state index in [2.05, 4.69) is 5.32 Å². The summed E-state index contributed by atoms with van der Waals surface area (Å²) in [6.07, 6.45) is 1.49. The molecule has 0 aromatic carbocycles. The van der Waals surface area contributed by atoms with Crippen molar-refractivity contribution >= 4 is 29.0 Å². The molecule has 96 valence electrons. The van der Waals surface area contributed by atoms with E-state index in [0.29, 0.717) is 5.75 Å². The van der Waals surface area contributed by atoms with Crippen molar-refractivity contribution in [2.75, 3.05) is 12.4 Å². The van der Waals surface area contributed by atoms with Crippen LogP contribution in [-0.2, 0) is 4.79 Å². The number of thioether (sulfide) groups is 1. The van der Waals surface area contributed by atoms with Gasteiger partial charge in [-0.05, 0) is 24.3 Å². The van der Waals surface area contributed by atoms with Crippen molar-refractivity contribution in [3.8, 4) is 0 Å². The zero-order valence-corrected chi connectivity index (χ0v) is 11.9. The molecule has 0 bridgehead atoms. The summed E-state index contributed by atoms with van der Waals surface area (Å²) in [7, 11) is 0. The van der Waals surface area contributed by atoms with Crippen LogP contribution >= 0.6 is 23.1 Å². The molecule has 0 fully saturated rings. The van der Waals surface area contributed by atoms with E-state index in [4.69, 9.17) is 0 Å². The van der Waals surface area contributed by atoms with Crippen molar-refractivity contribution in [3.05, 3.63) is 17.5 Å². The van der Waals surface area contributed by atoms with Gasteiger partial charge in [-0.15, -0.1) is 23.1 Å². The predicted molar refractivity (Wildman–Crippen MR) is 73.6 cm³/mol. The number of aliphatic hydroxyl groups is 1. The van der Waals surface area contributed by atoms with Gasteiger partial charge in [0.1, 0.15) is 0 Å². The Balaban J connectivity index is 2.42. The number of amides is 1. The fourth-order valence-corrected chi connectivity index (χ4v) is 3.09. The van der Waals surface area contributed by atoms with Gasteiger partial charge in [0.05, 0.1) is 22.1 Å². The lowest BCUT2D eigenvalue weighted by Gasteiger charge is -2.30.